The molecule has 0 bridgehead atoms. The SMILES string of the molecule is CC(=O)c1sc(N2CCC(N3CCCCC3)CC2)cc1N. The summed E-state index contributed by atoms with van der Waals surface area (Å²) in [4.78, 5) is 17.3. The molecule has 4 nitrogen and oxygen atoms in total. The van der Waals surface area contributed by atoms with Crippen molar-refractivity contribution in [3.05, 3.63) is 10.9 Å². The first-order chi connectivity index (χ1) is 10.1. The normalized spacial score (nSPS) is 21.7. The van der Waals surface area contributed by atoms with Crippen molar-refractivity contribution in [1.29, 1.82) is 0 Å². The molecule has 3 rings (SSSR count). The van der Waals surface area contributed by atoms with Crippen molar-refractivity contribution in [3.8, 4) is 0 Å². The van der Waals surface area contributed by atoms with Gasteiger partial charge in [0.25, 0.3) is 0 Å². The minimum Gasteiger partial charge on any atom is -0.397 e. The van der Waals surface area contributed by atoms with E-state index in [2.05, 4.69) is 9.80 Å². The maximum Gasteiger partial charge on any atom is 0.171 e. The lowest BCUT2D eigenvalue weighted by atomic mass is 10.00. The highest BCUT2D eigenvalue weighted by Gasteiger charge is 2.26. The highest BCUT2D eigenvalue weighted by atomic mass is 32.1. The van der Waals surface area contributed by atoms with Crippen LogP contribution >= 0.6 is 11.3 Å². The molecule has 0 spiro atoms. The monoisotopic (exact) mass is 307 g/mol. The van der Waals surface area contributed by atoms with Gasteiger partial charge in [0, 0.05) is 26.1 Å². The van der Waals surface area contributed by atoms with Gasteiger partial charge in [-0.1, -0.05) is 6.42 Å². The number of likely N-dealkylation sites (tertiary alicyclic amines) is 1. The van der Waals surface area contributed by atoms with Crippen molar-refractivity contribution in [2.24, 2.45) is 0 Å². The third-order valence-corrected chi connectivity index (χ3v) is 6.06. The van der Waals surface area contributed by atoms with E-state index in [0.717, 1.165) is 24.1 Å². The Morgan fingerprint density at radius 3 is 2.43 bits per heavy atom. The van der Waals surface area contributed by atoms with Gasteiger partial charge in [0.2, 0.25) is 0 Å². The summed E-state index contributed by atoms with van der Waals surface area (Å²) in [7, 11) is 0. The standard InChI is InChI=1S/C16H25N3OS/c1-12(20)16-14(17)11-15(21-16)19-9-5-13(6-10-19)18-7-3-2-4-8-18/h11,13H,2-10,17H2,1H3. The number of nitrogens with two attached hydrogens (primary N) is 1. The van der Waals surface area contributed by atoms with E-state index >= 15 is 0 Å². The molecule has 2 fully saturated rings. The Balaban J connectivity index is 1.60. The van der Waals surface area contributed by atoms with Gasteiger partial charge in [-0.25, -0.2) is 0 Å². The number of hydrogen-bond acceptors (Lipinski definition) is 5. The zero-order valence-electron chi connectivity index (χ0n) is 12.8. The van der Waals surface area contributed by atoms with Gasteiger partial charge < -0.3 is 15.5 Å². The van der Waals surface area contributed by atoms with Crippen molar-refractivity contribution >= 4 is 27.8 Å². The number of anilines is 2. The molecule has 3 heterocycles. The van der Waals surface area contributed by atoms with Crippen molar-refractivity contribution in [2.75, 3.05) is 36.8 Å². The van der Waals surface area contributed by atoms with Crippen LogP contribution in [0.25, 0.3) is 0 Å². The van der Waals surface area contributed by atoms with Crippen molar-refractivity contribution in [2.45, 2.75) is 45.1 Å². The molecule has 0 amide bonds. The predicted molar refractivity (Wildman–Crippen MR) is 89.4 cm³/mol. The molecule has 0 aliphatic carbocycles. The van der Waals surface area contributed by atoms with E-state index in [1.807, 2.05) is 6.07 Å². The van der Waals surface area contributed by atoms with Gasteiger partial charge in [0.15, 0.2) is 5.78 Å². The first-order valence-electron chi connectivity index (χ1n) is 8.04. The third-order valence-electron chi connectivity index (χ3n) is 4.75. The number of rotatable bonds is 3. The zero-order chi connectivity index (χ0) is 14.8. The zero-order valence-corrected chi connectivity index (χ0v) is 13.6. The lowest BCUT2D eigenvalue weighted by Crippen LogP contribution is -2.46. The lowest BCUT2D eigenvalue weighted by molar-refractivity contribution is 0.102. The van der Waals surface area contributed by atoms with Gasteiger partial charge in [-0.05, 0) is 44.8 Å². The Morgan fingerprint density at radius 2 is 1.86 bits per heavy atom. The van der Waals surface area contributed by atoms with Gasteiger partial charge >= 0.3 is 0 Å². The highest BCUT2D eigenvalue weighted by molar-refractivity contribution is 7.18. The molecule has 2 saturated heterocycles. The van der Waals surface area contributed by atoms with Gasteiger partial charge in [0.1, 0.15) is 0 Å². The van der Waals surface area contributed by atoms with Crippen LogP contribution in [-0.2, 0) is 0 Å². The Hall–Kier alpha value is -1.07. The van der Waals surface area contributed by atoms with Crippen LogP contribution in [0.15, 0.2) is 6.07 Å². The number of carbonyl (C=O) groups is 1. The smallest absolute Gasteiger partial charge is 0.171 e. The van der Waals surface area contributed by atoms with E-state index in [0.29, 0.717) is 10.6 Å². The second-order valence-corrected chi connectivity index (χ2v) is 7.27. The molecule has 5 heteroatoms. The van der Waals surface area contributed by atoms with Crippen molar-refractivity contribution in [3.63, 3.8) is 0 Å². The van der Waals surface area contributed by atoms with E-state index < -0.39 is 0 Å². The number of nitrogen functional groups attached to an aromatic ring is 1. The second kappa shape index (κ2) is 6.36. The number of carbonyl (C=O) groups excluding carboxylic acids is 1. The molecule has 0 atom stereocenters. The fourth-order valence-corrected chi connectivity index (χ4v) is 4.58. The molecule has 1 aromatic rings. The molecule has 21 heavy (non-hydrogen) atoms. The van der Waals surface area contributed by atoms with Crippen LogP contribution in [0.5, 0.6) is 0 Å². The second-order valence-electron chi connectivity index (χ2n) is 6.24. The Bertz CT molecular complexity index is 500. The fourth-order valence-electron chi connectivity index (χ4n) is 3.56. The van der Waals surface area contributed by atoms with Crippen molar-refractivity contribution < 1.29 is 4.79 Å². The number of Topliss-reactive ketones (excluding diaryl/α,β-unsaturated/α-hetero) is 1. The third kappa shape index (κ3) is 3.24. The van der Waals surface area contributed by atoms with Crippen LogP contribution in [-0.4, -0.2) is 42.9 Å². The molecular formula is C16H25N3OS. The summed E-state index contributed by atoms with van der Waals surface area (Å²) in [6, 6.07) is 2.73. The molecule has 0 unspecified atom stereocenters. The molecule has 0 aromatic carbocycles. The number of thiophene rings is 1. The van der Waals surface area contributed by atoms with Gasteiger partial charge in [-0.15, -0.1) is 11.3 Å². The average molecular weight is 307 g/mol. The molecule has 1 aromatic heterocycles. The Kier molecular flexibility index (Phi) is 4.50. The summed E-state index contributed by atoms with van der Waals surface area (Å²) >= 11 is 1.55. The largest absolute Gasteiger partial charge is 0.397 e. The summed E-state index contributed by atoms with van der Waals surface area (Å²) in [5.74, 6) is 0.0759. The molecule has 2 aliphatic rings. The average Bonchev–Trinajstić information content (AvgIpc) is 2.90. The molecule has 0 saturated carbocycles. The quantitative estimate of drug-likeness (QED) is 0.872. The van der Waals surface area contributed by atoms with Crippen LogP contribution in [0.1, 0.15) is 48.7 Å². The number of piperidine rings is 2. The van der Waals surface area contributed by atoms with Gasteiger partial charge in [0.05, 0.1) is 15.6 Å². The first kappa shape index (κ1) is 14.9. The number of ketones is 1. The summed E-state index contributed by atoms with van der Waals surface area (Å²) in [6.45, 7) is 6.32. The summed E-state index contributed by atoms with van der Waals surface area (Å²) in [5, 5.41) is 1.16. The van der Waals surface area contributed by atoms with Crippen molar-refractivity contribution in [1.82, 2.24) is 4.90 Å². The predicted octanol–water partition coefficient (Wildman–Crippen LogP) is 2.99. The van der Waals surface area contributed by atoms with Gasteiger partial charge in [-0.2, -0.15) is 0 Å². The molecule has 0 radical (unpaired) electrons. The summed E-state index contributed by atoms with van der Waals surface area (Å²) in [6.07, 6.45) is 6.59. The summed E-state index contributed by atoms with van der Waals surface area (Å²) in [5.41, 5.74) is 6.59. The first-order valence-corrected chi connectivity index (χ1v) is 8.86. The number of nitrogens with zero attached hydrogens (tertiary/aromatic N) is 2. The Morgan fingerprint density at radius 1 is 1.19 bits per heavy atom. The van der Waals surface area contributed by atoms with Crippen LogP contribution in [0.2, 0.25) is 0 Å². The van der Waals surface area contributed by atoms with E-state index in [-0.39, 0.29) is 5.78 Å². The van der Waals surface area contributed by atoms with E-state index in [4.69, 9.17) is 5.73 Å². The lowest BCUT2D eigenvalue weighted by Gasteiger charge is -2.40. The van der Waals surface area contributed by atoms with Crippen LogP contribution in [0.4, 0.5) is 10.7 Å². The van der Waals surface area contributed by atoms with Crippen LogP contribution < -0.4 is 10.6 Å². The maximum atomic E-state index is 11.5. The molecule has 116 valence electrons. The van der Waals surface area contributed by atoms with E-state index in [1.54, 1.807) is 18.3 Å². The van der Waals surface area contributed by atoms with E-state index in [1.165, 1.54) is 45.2 Å². The minimum absolute atomic E-state index is 0.0759. The molecular weight excluding hydrogens is 282 g/mol. The highest BCUT2D eigenvalue weighted by Crippen LogP contribution is 2.34. The minimum atomic E-state index is 0.0759. The van der Waals surface area contributed by atoms with E-state index in [9.17, 15) is 4.79 Å². The molecule has 2 N–H and O–H groups in total. The fraction of sp³-hybridized carbons (Fsp3) is 0.688. The topological polar surface area (TPSA) is 49.6 Å². The summed E-state index contributed by atoms with van der Waals surface area (Å²) < 4.78 is 0. The number of hydrogen-bond donors (Lipinski definition) is 1. The maximum absolute atomic E-state index is 11.5. The van der Waals surface area contributed by atoms with Crippen LogP contribution in [0.3, 0.4) is 0 Å². The van der Waals surface area contributed by atoms with Crippen LogP contribution in [0, 0.1) is 0 Å². The molecule has 2 aliphatic heterocycles. The van der Waals surface area contributed by atoms with Gasteiger partial charge in [-0.3, -0.25) is 4.79 Å². The Labute approximate surface area is 130 Å².